The summed E-state index contributed by atoms with van der Waals surface area (Å²) >= 11 is 1.23. The third-order valence-electron chi connectivity index (χ3n) is 3.80. The van der Waals surface area contributed by atoms with Crippen LogP contribution in [0.1, 0.15) is 0 Å². The van der Waals surface area contributed by atoms with Crippen LogP contribution in [0.4, 0.5) is 13.2 Å². The molecule has 1 atom stereocenters. The molecule has 25 heavy (non-hydrogen) atoms. The molecule has 1 aromatic rings. The first-order chi connectivity index (χ1) is 11.3. The second kappa shape index (κ2) is 9.43. The van der Waals surface area contributed by atoms with Gasteiger partial charge in [-0.25, -0.2) is 13.1 Å². The summed E-state index contributed by atoms with van der Waals surface area (Å²) in [6.07, 6.45) is -2.79. The van der Waals surface area contributed by atoms with Crippen LogP contribution >= 0.6 is 24.2 Å². The Balaban J connectivity index is 0.00000312. The van der Waals surface area contributed by atoms with Crippen molar-refractivity contribution < 1.29 is 21.6 Å². The average molecular weight is 420 g/mol. The zero-order valence-electron chi connectivity index (χ0n) is 13.5. The van der Waals surface area contributed by atoms with Crippen LogP contribution in [0, 0.1) is 0 Å². The minimum absolute atomic E-state index is 0. The van der Waals surface area contributed by atoms with E-state index < -0.39 is 28.8 Å². The average Bonchev–Trinajstić information content (AvgIpc) is 2.54. The van der Waals surface area contributed by atoms with E-state index in [0.717, 1.165) is 0 Å². The number of halogens is 4. The minimum Gasteiger partial charge on any atom is -0.314 e. The fraction of sp³-hybridized carbons (Fsp3) is 0.571. The van der Waals surface area contributed by atoms with Gasteiger partial charge in [-0.2, -0.15) is 13.2 Å². The molecule has 0 radical (unpaired) electrons. The molecule has 0 amide bonds. The first kappa shape index (κ1) is 22.5. The summed E-state index contributed by atoms with van der Waals surface area (Å²) in [7, 11) is -4.01. The van der Waals surface area contributed by atoms with Crippen LogP contribution in [0.5, 0.6) is 0 Å². The second-order valence-corrected chi connectivity index (χ2v) is 7.93. The number of sulfonamides is 1. The standard InChI is InChI=1S/C14H20F3N3O2S2.ClH/c1-23-11-4-2-3-5-12(11)24(21,22)19-10-13(14(15,16)17)20-8-6-18-7-9-20;/h2-5,13,18-19H,6-10H2,1H3;1H. The normalized spacial score (nSPS) is 17.8. The molecule has 1 aliphatic heterocycles. The molecule has 5 nitrogen and oxygen atoms in total. The number of hydrogen-bond acceptors (Lipinski definition) is 5. The molecule has 0 spiro atoms. The summed E-state index contributed by atoms with van der Waals surface area (Å²) in [6, 6.07) is 4.41. The van der Waals surface area contributed by atoms with Gasteiger partial charge in [0, 0.05) is 37.6 Å². The monoisotopic (exact) mass is 419 g/mol. The van der Waals surface area contributed by atoms with Crippen molar-refractivity contribution in [2.24, 2.45) is 0 Å². The van der Waals surface area contributed by atoms with Crippen molar-refractivity contribution in [3.63, 3.8) is 0 Å². The molecule has 0 aromatic heterocycles. The molecule has 1 fully saturated rings. The summed E-state index contributed by atoms with van der Waals surface area (Å²) in [4.78, 5) is 1.76. The maximum absolute atomic E-state index is 13.3. The van der Waals surface area contributed by atoms with Gasteiger partial charge in [0.05, 0.1) is 4.90 Å². The Morgan fingerprint density at radius 1 is 1.28 bits per heavy atom. The van der Waals surface area contributed by atoms with Gasteiger partial charge < -0.3 is 5.32 Å². The number of benzene rings is 1. The van der Waals surface area contributed by atoms with E-state index in [2.05, 4.69) is 10.0 Å². The fourth-order valence-electron chi connectivity index (χ4n) is 2.55. The molecular weight excluding hydrogens is 399 g/mol. The number of hydrogen-bond donors (Lipinski definition) is 2. The van der Waals surface area contributed by atoms with E-state index in [4.69, 9.17) is 0 Å². The third-order valence-corrected chi connectivity index (χ3v) is 6.20. The first-order valence-electron chi connectivity index (χ1n) is 7.40. The van der Waals surface area contributed by atoms with Gasteiger partial charge in [0.25, 0.3) is 0 Å². The summed E-state index contributed by atoms with van der Waals surface area (Å²) in [5.74, 6) is 0. The predicted molar refractivity (Wildman–Crippen MR) is 94.9 cm³/mol. The predicted octanol–water partition coefficient (Wildman–Crippen LogP) is 1.94. The van der Waals surface area contributed by atoms with Crippen LogP contribution in [0.3, 0.4) is 0 Å². The van der Waals surface area contributed by atoms with Crippen molar-refractivity contribution in [1.82, 2.24) is 14.9 Å². The summed E-state index contributed by atoms with van der Waals surface area (Å²) in [5, 5.41) is 2.98. The van der Waals surface area contributed by atoms with E-state index >= 15 is 0 Å². The number of thioether (sulfide) groups is 1. The van der Waals surface area contributed by atoms with Gasteiger partial charge >= 0.3 is 6.18 Å². The summed E-state index contributed by atoms with van der Waals surface area (Å²) in [6.45, 7) is 0.665. The van der Waals surface area contributed by atoms with Crippen molar-refractivity contribution in [3.8, 4) is 0 Å². The quantitative estimate of drug-likeness (QED) is 0.690. The Labute approximate surface area is 156 Å². The highest BCUT2D eigenvalue weighted by molar-refractivity contribution is 7.99. The zero-order chi connectivity index (χ0) is 17.8. The Kier molecular flexibility index (Phi) is 8.49. The van der Waals surface area contributed by atoms with Crippen molar-refractivity contribution in [3.05, 3.63) is 24.3 Å². The molecule has 0 bridgehead atoms. The molecule has 0 aliphatic carbocycles. The summed E-state index contributed by atoms with van der Waals surface area (Å²) < 4.78 is 66.9. The third kappa shape index (κ3) is 6.00. The van der Waals surface area contributed by atoms with E-state index in [1.165, 1.54) is 22.7 Å². The molecule has 144 valence electrons. The lowest BCUT2D eigenvalue weighted by Gasteiger charge is -2.35. The highest BCUT2D eigenvalue weighted by Crippen LogP contribution is 2.27. The van der Waals surface area contributed by atoms with Crippen LogP contribution in [0.2, 0.25) is 0 Å². The SMILES string of the molecule is CSc1ccccc1S(=O)(=O)NCC(N1CCNCC1)C(F)(F)F.Cl. The molecule has 11 heteroatoms. The number of nitrogens with one attached hydrogen (secondary N) is 2. The van der Waals surface area contributed by atoms with E-state index in [-0.39, 0.29) is 30.4 Å². The van der Waals surface area contributed by atoms with Gasteiger partial charge in [0.1, 0.15) is 6.04 Å². The number of alkyl halides is 3. The maximum atomic E-state index is 13.3. The Bertz CT molecular complexity index is 653. The number of nitrogens with zero attached hydrogens (tertiary/aromatic N) is 1. The Morgan fingerprint density at radius 3 is 2.44 bits per heavy atom. The van der Waals surface area contributed by atoms with Gasteiger partial charge in [0.2, 0.25) is 10.0 Å². The van der Waals surface area contributed by atoms with E-state index in [9.17, 15) is 21.6 Å². The molecule has 1 heterocycles. The second-order valence-electron chi connectivity index (χ2n) is 5.35. The maximum Gasteiger partial charge on any atom is 0.405 e. The largest absolute Gasteiger partial charge is 0.405 e. The lowest BCUT2D eigenvalue weighted by molar-refractivity contribution is -0.182. The highest BCUT2D eigenvalue weighted by Gasteiger charge is 2.44. The fourth-order valence-corrected chi connectivity index (χ4v) is 4.74. The highest BCUT2D eigenvalue weighted by atomic mass is 35.5. The number of piperazine rings is 1. The molecule has 2 N–H and O–H groups in total. The van der Waals surface area contributed by atoms with Gasteiger partial charge in [-0.3, -0.25) is 4.90 Å². The lowest BCUT2D eigenvalue weighted by Crippen LogP contribution is -2.57. The van der Waals surface area contributed by atoms with Gasteiger partial charge in [-0.1, -0.05) is 12.1 Å². The molecule has 1 aliphatic rings. The van der Waals surface area contributed by atoms with E-state index in [1.54, 1.807) is 24.5 Å². The van der Waals surface area contributed by atoms with Crippen LogP contribution in [-0.2, 0) is 10.0 Å². The molecule has 1 saturated heterocycles. The van der Waals surface area contributed by atoms with Crippen LogP contribution in [0.15, 0.2) is 34.1 Å². The van der Waals surface area contributed by atoms with E-state index in [1.807, 2.05) is 0 Å². The van der Waals surface area contributed by atoms with Gasteiger partial charge in [0.15, 0.2) is 0 Å². The van der Waals surface area contributed by atoms with Crippen molar-refractivity contribution in [2.45, 2.75) is 22.0 Å². The topological polar surface area (TPSA) is 61.4 Å². The van der Waals surface area contributed by atoms with Crippen LogP contribution < -0.4 is 10.0 Å². The first-order valence-corrected chi connectivity index (χ1v) is 10.1. The molecule has 0 saturated carbocycles. The lowest BCUT2D eigenvalue weighted by atomic mass is 10.2. The zero-order valence-corrected chi connectivity index (χ0v) is 16.0. The summed E-state index contributed by atoms with van der Waals surface area (Å²) in [5.41, 5.74) is 0. The minimum atomic E-state index is -4.50. The number of rotatable bonds is 6. The Morgan fingerprint density at radius 2 is 1.88 bits per heavy atom. The van der Waals surface area contributed by atoms with Crippen molar-refractivity contribution >= 4 is 34.2 Å². The smallest absolute Gasteiger partial charge is 0.314 e. The van der Waals surface area contributed by atoms with Gasteiger partial charge in [-0.15, -0.1) is 24.2 Å². The molecule has 1 aromatic carbocycles. The van der Waals surface area contributed by atoms with Crippen molar-refractivity contribution in [2.75, 3.05) is 39.0 Å². The van der Waals surface area contributed by atoms with Crippen LogP contribution in [0.25, 0.3) is 0 Å². The Hall–Kier alpha value is -0.520. The molecule has 1 unspecified atom stereocenters. The molecule has 2 rings (SSSR count). The van der Waals surface area contributed by atoms with Crippen molar-refractivity contribution in [1.29, 1.82) is 0 Å². The van der Waals surface area contributed by atoms with E-state index in [0.29, 0.717) is 18.0 Å². The molecular formula is C14H21ClF3N3O2S2. The van der Waals surface area contributed by atoms with Crippen LogP contribution in [-0.4, -0.2) is 64.5 Å². The van der Waals surface area contributed by atoms with Gasteiger partial charge in [-0.05, 0) is 18.4 Å².